The van der Waals surface area contributed by atoms with E-state index in [0.29, 0.717) is 18.9 Å². The van der Waals surface area contributed by atoms with Crippen LogP contribution in [0.3, 0.4) is 0 Å². The molecule has 0 unspecified atom stereocenters. The van der Waals surface area contributed by atoms with Crippen molar-refractivity contribution < 1.29 is 23.9 Å². The first-order chi connectivity index (χ1) is 12.5. The molecule has 0 fully saturated rings. The summed E-state index contributed by atoms with van der Waals surface area (Å²) in [5.74, 6) is -1.53. The number of nitrogens with zero attached hydrogens (tertiary/aromatic N) is 1. The molecule has 0 bridgehead atoms. The number of esters is 1. The Kier molecular flexibility index (Phi) is 6.03. The Labute approximate surface area is 159 Å². The van der Waals surface area contributed by atoms with Crippen molar-refractivity contribution in [1.82, 2.24) is 10.2 Å². The molecule has 1 aliphatic heterocycles. The number of nitrogens with one attached hydrogen (secondary N) is 1. The van der Waals surface area contributed by atoms with E-state index in [1.807, 2.05) is 34.6 Å². The highest BCUT2D eigenvalue weighted by molar-refractivity contribution is 6.21. The van der Waals surface area contributed by atoms with Crippen LogP contribution in [-0.4, -0.2) is 47.3 Å². The zero-order valence-corrected chi connectivity index (χ0v) is 16.4. The Morgan fingerprint density at radius 3 is 2.33 bits per heavy atom. The monoisotopic (exact) mass is 374 g/mol. The van der Waals surface area contributed by atoms with E-state index in [9.17, 15) is 19.2 Å². The van der Waals surface area contributed by atoms with Crippen molar-refractivity contribution in [3.8, 4) is 0 Å². The Morgan fingerprint density at radius 2 is 1.74 bits per heavy atom. The van der Waals surface area contributed by atoms with Crippen LogP contribution in [0.25, 0.3) is 0 Å². The van der Waals surface area contributed by atoms with Crippen LogP contribution in [0.15, 0.2) is 18.2 Å². The largest absolute Gasteiger partial charge is 0.452 e. The molecule has 0 atom stereocenters. The average molecular weight is 374 g/mol. The van der Waals surface area contributed by atoms with Gasteiger partial charge in [-0.15, -0.1) is 0 Å². The van der Waals surface area contributed by atoms with Crippen molar-refractivity contribution in [2.24, 2.45) is 5.92 Å². The minimum atomic E-state index is -0.720. The first-order valence-corrected chi connectivity index (χ1v) is 8.98. The lowest BCUT2D eigenvalue weighted by atomic mass is 10.1. The van der Waals surface area contributed by atoms with E-state index in [0.717, 1.165) is 0 Å². The molecule has 146 valence electrons. The molecule has 0 saturated carbocycles. The number of ether oxygens (including phenoxy) is 1. The summed E-state index contributed by atoms with van der Waals surface area (Å²) in [5, 5.41) is 2.69. The van der Waals surface area contributed by atoms with Crippen molar-refractivity contribution in [3.05, 3.63) is 34.9 Å². The van der Waals surface area contributed by atoms with Gasteiger partial charge in [0.25, 0.3) is 17.7 Å². The summed E-state index contributed by atoms with van der Waals surface area (Å²) in [6.45, 7) is 9.42. The minimum absolute atomic E-state index is 0.129. The number of rotatable bonds is 6. The highest BCUT2D eigenvalue weighted by atomic mass is 16.5. The lowest BCUT2D eigenvalue weighted by molar-refractivity contribution is -0.125. The van der Waals surface area contributed by atoms with Crippen LogP contribution in [-0.2, 0) is 9.53 Å². The van der Waals surface area contributed by atoms with E-state index in [-0.39, 0.29) is 22.6 Å². The standard InChI is InChI=1S/C20H26N2O5/c1-12(2)8-9-22-17(24)14-7-6-13(10-15(14)18(22)25)19(26)27-11-16(23)21-20(3,4)5/h6-7,10,12H,8-9,11H2,1-5H3,(H,21,23). The van der Waals surface area contributed by atoms with E-state index >= 15 is 0 Å². The van der Waals surface area contributed by atoms with Gasteiger partial charge in [0.15, 0.2) is 6.61 Å². The fraction of sp³-hybridized carbons (Fsp3) is 0.500. The number of hydrogen-bond acceptors (Lipinski definition) is 5. The van der Waals surface area contributed by atoms with Crippen LogP contribution < -0.4 is 5.32 Å². The van der Waals surface area contributed by atoms with Crippen molar-refractivity contribution in [1.29, 1.82) is 0 Å². The first-order valence-electron chi connectivity index (χ1n) is 8.98. The van der Waals surface area contributed by atoms with Gasteiger partial charge in [0.2, 0.25) is 0 Å². The van der Waals surface area contributed by atoms with Crippen LogP contribution in [0.1, 0.15) is 72.1 Å². The zero-order valence-electron chi connectivity index (χ0n) is 16.4. The van der Waals surface area contributed by atoms with Gasteiger partial charge >= 0.3 is 5.97 Å². The van der Waals surface area contributed by atoms with Crippen LogP contribution in [0.5, 0.6) is 0 Å². The Morgan fingerprint density at radius 1 is 1.11 bits per heavy atom. The number of fused-ring (bicyclic) bond motifs is 1. The molecule has 1 aromatic rings. The molecule has 0 aliphatic carbocycles. The van der Waals surface area contributed by atoms with Crippen LogP contribution in [0.2, 0.25) is 0 Å². The average Bonchev–Trinajstić information content (AvgIpc) is 2.79. The lowest BCUT2D eigenvalue weighted by Crippen LogP contribution is -2.42. The molecule has 2 rings (SSSR count). The zero-order chi connectivity index (χ0) is 20.4. The van der Waals surface area contributed by atoms with Gasteiger partial charge < -0.3 is 10.1 Å². The second-order valence-corrected chi connectivity index (χ2v) is 8.08. The van der Waals surface area contributed by atoms with Gasteiger partial charge in [-0.3, -0.25) is 19.3 Å². The van der Waals surface area contributed by atoms with Crippen LogP contribution in [0, 0.1) is 5.92 Å². The first kappa shape index (κ1) is 20.6. The molecular formula is C20H26N2O5. The quantitative estimate of drug-likeness (QED) is 0.610. The van der Waals surface area contributed by atoms with Crippen LogP contribution >= 0.6 is 0 Å². The highest BCUT2D eigenvalue weighted by Gasteiger charge is 2.35. The predicted molar refractivity (Wildman–Crippen MR) is 99.4 cm³/mol. The van der Waals surface area contributed by atoms with E-state index in [4.69, 9.17) is 4.74 Å². The molecule has 0 aromatic heterocycles. The number of benzene rings is 1. The van der Waals surface area contributed by atoms with E-state index in [2.05, 4.69) is 5.32 Å². The van der Waals surface area contributed by atoms with E-state index < -0.39 is 29.9 Å². The minimum Gasteiger partial charge on any atom is -0.452 e. The van der Waals surface area contributed by atoms with Gasteiger partial charge in [-0.1, -0.05) is 13.8 Å². The Bertz CT molecular complexity index is 777. The van der Waals surface area contributed by atoms with Gasteiger partial charge in [0, 0.05) is 12.1 Å². The number of hydrogen-bond donors (Lipinski definition) is 1. The fourth-order valence-electron chi connectivity index (χ4n) is 2.68. The summed E-state index contributed by atoms with van der Waals surface area (Å²) in [7, 11) is 0. The molecule has 7 heteroatoms. The molecule has 7 nitrogen and oxygen atoms in total. The molecule has 1 heterocycles. The summed E-state index contributed by atoms with van der Waals surface area (Å²) in [5.41, 5.74) is 0.177. The topological polar surface area (TPSA) is 92.8 Å². The second-order valence-electron chi connectivity index (χ2n) is 8.08. The number of imide groups is 1. The maximum atomic E-state index is 12.5. The normalized spacial score (nSPS) is 13.8. The number of carbonyl (C=O) groups excluding carboxylic acids is 4. The molecule has 1 N–H and O–H groups in total. The number of amides is 3. The van der Waals surface area contributed by atoms with Gasteiger partial charge in [-0.05, 0) is 51.3 Å². The molecule has 0 saturated heterocycles. The van der Waals surface area contributed by atoms with Crippen molar-refractivity contribution in [3.63, 3.8) is 0 Å². The molecule has 27 heavy (non-hydrogen) atoms. The molecular weight excluding hydrogens is 348 g/mol. The third-order valence-corrected chi connectivity index (χ3v) is 3.99. The van der Waals surface area contributed by atoms with Gasteiger partial charge in [-0.2, -0.15) is 0 Å². The van der Waals surface area contributed by atoms with E-state index in [1.54, 1.807) is 0 Å². The summed E-state index contributed by atoms with van der Waals surface area (Å²) in [6, 6.07) is 4.24. The number of carbonyl (C=O) groups is 4. The van der Waals surface area contributed by atoms with E-state index in [1.165, 1.54) is 23.1 Å². The summed E-state index contributed by atoms with van der Waals surface area (Å²) in [4.78, 5) is 50.0. The molecule has 1 aromatic carbocycles. The summed E-state index contributed by atoms with van der Waals surface area (Å²) >= 11 is 0. The smallest absolute Gasteiger partial charge is 0.338 e. The van der Waals surface area contributed by atoms with Gasteiger partial charge in [0.05, 0.1) is 16.7 Å². The van der Waals surface area contributed by atoms with Crippen molar-refractivity contribution >= 4 is 23.7 Å². The summed E-state index contributed by atoms with van der Waals surface area (Å²) < 4.78 is 5.00. The second kappa shape index (κ2) is 7.90. The van der Waals surface area contributed by atoms with Crippen molar-refractivity contribution in [2.75, 3.05) is 13.2 Å². The Balaban J connectivity index is 2.06. The maximum absolute atomic E-state index is 12.5. The molecule has 0 radical (unpaired) electrons. The fourth-order valence-corrected chi connectivity index (χ4v) is 2.68. The molecule has 1 aliphatic rings. The maximum Gasteiger partial charge on any atom is 0.338 e. The third-order valence-electron chi connectivity index (χ3n) is 3.99. The SMILES string of the molecule is CC(C)CCN1C(=O)c2ccc(C(=O)OCC(=O)NC(C)(C)C)cc2C1=O. The predicted octanol–water partition coefficient (Wildman–Crippen LogP) is 2.40. The van der Waals surface area contributed by atoms with Crippen LogP contribution in [0.4, 0.5) is 0 Å². The summed E-state index contributed by atoms with van der Waals surface area (Å²) in [6.07, 6.45) is 0.712. The lowest BCUT2D eigenvalue weighted by Gasteiger charge is -2.20. The highest BCUT2D eigenvalue weighted by Crippen LogP contribution is 2.25. The van der Waals surface area contributed by atoms with Gasteiger partial charge in [0.1, 0.15) is 0 Å². The Hall–Kier alpha value is -2.70. The van der Waals surface area contributed by atoms with Gasteiger partial charge in [-0.25, -0.2) is 4.79 Å². The molecule has 0 spiro atoms. The molecule has 3 amide bonds. The third kappa shape index (κ3) is 5.15. The van der Waals surface area contributed by atoms with Crippen molar-refractivity contribution in [2.45, 2.75) is 46.6 Å².